The van der Waals surface area contributed by atoms with Gasteiger partial charge in [-0.2, -0.15) is 0 Å². The van der Waals surface area contributed by atoms with Crippen LogP contribution in [0.5, 0.6) is 5.75 Å². The van der Waals surface area contributed by atoms with Crippen LogP contribution in [0.4, 0.5) is 4.39 Å². The number of ether oxygens (including phenoxy) is 1. The molecule has 0 fully saturated rings. The maximum atomic E-state index is 13.6. The lowest BCUT2D eigenvalue weighted by Gasteiger charge is -2.16. The fraction of sp³-hybridized carbons (Fsp3) is 0.294. The average Bonchev–Trinajstić information content (AvgIpc) is 2.50. The number of rotatable bonds is 6. The Bertz CT molecular complexity index is 631. The number of halogens is 3. The van der Waals surface area contributed by atoms with Crippen molar-refractivity contribution in [2.24, 2.45) is 0 Å². The van der Waals surface area contributed by atoms with Crippen LogP contribution in [0, 0.1) is 5.82 Å². The minimum absolute atomic E-state index is 0.0347. The van der Waals surface area contributed by atoms with E-state index in [1.807, 2.05) is 38.1 Å². The normalized spacial score (nSPS) is 12.2. The Morgan fingerprint density at radius 3 is 2.45 bits per heavy atom. The van der Waals surface area contributed by atoms with E-state index in [0.717, 1.165) is 11.3 Å². The number of hydrogen-bond donors (Lipinski definition) is 1. The summed E-state index contributed by atoms with van der Waals surface area (Å²) in [6.45, 7) is 5.18. The first-order valence-corrected chi connectivity index (χ1v) is 7.86. The molecule has 0 saturated heterocycles. The highest BCUT2D eigenvalue weighted by atomic mass is 35.5. The zero-order valence-corrected chi connectivity index (χ0v) is 14.0. The summed E-state index contributed by atoms with van der Waals surface area (Å²) in [4.78, 5) is 0. The van der Waals surface area contributed by atoms with Crippen LogP contribution >= 0.6 is 23.2 Å². The standard InChI is InChI=1S/C17H18Cl2FNO/c1-3-22-13-6-4-12(5-7-13)10-21-11(2)14-8-17(20)16(19)9-15(14)18/h4-9,11,21H,3,10H2,1-2H3. The summed E-state index contributed by atoms with van der Waals surface area (Å²) in [5, 5.41) is 3.81. The Morgan fingerprint density at radius 1 is 1.14 bits per heavy atom. The van der Waals surface area contributed by atoms with E-state index >= 15 is 0 Å². The van der Waals surface area contributed by atoms with Gasteiger partial charge >= 0.3 is 0 Å². The summed E-state index contributed by atoms with van der Waals surface area (Å²) in [7, 11) is 0. The maximum Gasteiger partial charge on any atom is 0.142 e. The van der Waals surface area contributed by atoms with Gasteiger partial charge in [0.05, 0.1) is 11.6 Å². The molecule has 0 aliphatic rings. The Labute approximate surface area is 140 Å². The first-order chi connectivity index (χ1) is 10.5. The second-order valence-corrected chi connectivity index (χ2v) is 5.78. The monoisotopic (exact) mass is 341 g/mol. The summed E-state index contributed by atoms with van der Waals surface area (Å²) in [6, 6.07) is 10.6. The van der Waals surface area contributed by atoms with Crippen LogP contribution in [-0.2, 0) is 6.54 Å². The van der Waals surface area contributed by atoms with E-state index in [1.54, 1.807) is 0 Å². The van der Waals surface area contributed by atoms with Crippen molar-refractivity contribution in [2.45, 2.75) is 26.4 Å². The molecule has 2 rings (SSSR count). The highest BCUT2D eigenvalue weighted by Crippen LogP contribution is 2.28. The van der Waals surface area contributed by atoms with Crippen molar-refractivity contribution in [3.8, 4) is 5.75 Å². The van der Waals surface area contributed by atoms with Gasteiger partial charge in [-0.25, -0.2) is 4.39 Å². The largest absolute Gasteiger partial charge is 0.494 e. The van der Waals surface area contributed by atoms with Gasteiger partial charge in [0, 0.05) is 17.6 Å². The van der Waals surface area contributed by atoms with Gasteiger partial charge in [0.25, 0.3) is 0 Å². The number of benzene rings is 2. The molecule has 0 heterocycles. The first kappa shape index (κ1) is 17.1. The minimum atomic E-state index is -0.462. The predicted octanol–water partition coefficient (Wildman–Crippen LogP) is 5.38. The average molecular weight is 342 g/mol. The summed E-state index contributed by atoms with van der Waals surface area (Å²) in [6.07, 6.45) is 0. The van der Waals surface area contributed by atoms with Crippen LogP contribution in [-0.4, -0.2) is 6.61 Å². The quantitative estimate of drug-likeness (QED) is 0.712. The SMILES string of the molecule is CCOc1ccc(CNC(C)c2cc(F)c(Cl)cc2Cl)cc1. The molecule has 1 atom stereocenters. The Balaban J connectivity index is 2.00. The summed E-state index contributed by atoms with van der Waals surface area (Å²) < 4.78 is 19.0. The topological polar surface area (TPSA) is 21.3 Å². The van der Waals surface area contributed by atoms with Gasteiger partial charge in [-0.3, -0.25) is 0 Å². The Hall–Kier alpha value is -1.29. The summed E-state index contributed by atoms with van der Waals surface area (Å²) in [5.74, 6) is 0.387. The molecule has 5 heteroatoms. The van der Waals surface area contributed by atoms with Crippen molar-refractivity contribution in [3.63, 3.8) is 0 Å². The van der Waals surface area contributed by atoms with Gasteiger partial charge in [-0.05, 0) is 49.2 Å². The van der Waals surface area contributed by atoms with Crippen molar-refractivity contribution in [2.75, 3.05) is 6.61 Å². The number of hydrogen-bond acceptors (Lipinski definition) is 2. The molecule has 118 valence electrons. The van der Waals surface area contributed by atoms with E-state index in [2.05, 4.69) is 5.32 Å². The van der Waals surface area contributed by atoms with Crippen LogP contribution in [0.25, 0.3) is 0 Å². The predicted molar refractivity (Wildman–Crippen MR) is 89.3 cm³/mol. The molecule has 0 spiro atoms. The lowest BCUT2D eigenvalue weighted by atomic mass is 10.1. The van der Waals surface area contributed by atoms with Crippen molar-refractivity contribution in [1.82, 2.24) is 5.32 Å². The second-order valence-electron chi connectivity index (χ2n) is 4.97. The molecule has 0 bridgehead atoms. The van der Waals surface area contributed by atoms with Gasteiger partial charge in [0.2, 0.25) is 0 Å². The van der Waals surface area contributed by atoms with Gasteiger partial charge in [-0.1, -0.05) is 35.3 Å². The summed E-state index contributed by atoms with van der Waals surface area (Å²) in [5.41, 5.74) is 1.80. The molecular weight excluding hydrogens is 324 g/mol. The van der Waals surface area contributed by atoms with E-state index in [4.69, 9.17) is 27.9 Å². The summed E-state index contributed by atoms with van der Waals surface area (Å²) >= 11 is 11.8. The molecule has 2 aromatic carbocycles. The van der Waals surface area contributed by atoms with Crippen molar-refractivity contribution in [3.05, 3.63) is 63.4 Å². The van der Waals surface area contributed by atoms with Gasteiger partial charge in [0.1, 0.15) is 11.6 Å². The van der Waals surface area contributed by atoms with E-state index in [9.17, 15) is 4.39 Å². The molecule has 0 saturated carbocycles. The maximum absolute atomic E-state index is 13.6. The second kappa shape index (κ2) is 7.82. The van der Waals surface area contributed by atoms with Crippen molar-refractivity contribution >= 4 is 23.2 Å². The van der Waals surface area contributed by atoms with Crippen molar-refractivity contribution in [1.29, 1.82) is 0 Å². The fourth-order valence-corrected chi connectivity index (χ4v) is 2.67. The van der Waals surface area contributed by atoms with Crippen LogP contribution < -0.4 is 10.1 Å². The zero-order chi connectivity index (χ0) is 16.1. The van der Waals surface area contributed by atoms with Crippen molar-refractivity contribution < 1.29 is 9.13 Å². The van der Waals surface area contributed by atoms with E-state index in [0.29, 0.717) is 23.7 Å². The third-order valence-corrected chi connectivity index (χ3v) is 3.97. The highest BCUT2D eigenvalue weighted by molar-refractivity contribution is 6.35. The molecule has 0 aromatic heterocycles. The molecule has 0 aliphatic carbocycles. The third kappa shape index (κ3) is 4.35. The Morgan fingerprint density at radius 2 is 1.82 bits per heavy atom. The van der Waals surface area contributed by atoms with E-state index < -0.39 is 5.82 Å². The molecule has 2 nitrogen and oxygen atoms in total. The molecule has 2 aromatic rings. The zero-order valence-electron chi connectivity index (χ0n) is 12.5. The lowest BCUT2D eigenvalue weighted by Crippen LogP contribution is -2.18. The fourth-order valence-electron chi connectivity index (χ4n) is 2.12. The van der Waals surface area contributed by atoms with Gasteiger partial charge in [-0.15, -0.1) is 0 Å². The van der Waals surface area contributed by atoms with Crippen LogP contribution in [0.3, 0.4) is 0 Å². The number of nitrogens with one attached hydrogen (secondary N) is 1. The molecule has 0 radical (unpaired) electrons. The molecule has 1 unspecified atom stereocenters. The van der Waals surface area contributed by atoms with E-state index in [-0.39, 0.29) is 11.1 Å². The Kier molecular flexibility index (Phi) is 6.07. The smallest absolute Gasteiger partial charge is 0.142 e. The minimum Gasteiger partial charge on any atom is -0.494 e. The van der Waals surface area contributed by atoms with Crippen LogP contribution in [0.15, 0.2) is 36.4 Å². The van der Waals surface area contributed by atoms with Gasteiger partial charge < -0.3 is 10.1 Å². The van der Waals surface area contributed by atoms with E-state index in [1.165, 1.54) is 12.1 Å². The van der Waals surface area contributed by atoms with Crippen LogP contribution in [0.1, 0.15) is 31.0 Å². The lowest BCUT2D eigenvalue weighted by molar-refractivity contribution is 0.340. The molecular formula is C17H18Cl2FNO. The molecule has 0 amide bonds. The van der Waals surface area contributed by atoms with Crippen LogP contribution in [0.2, 0.25) is 10.0 Å². The molecule has 22 heavy (non-hydrogen) atoms. The molecule has 0 aliphatic heterocycles. The first-order valence-electron chi connectivity index (χ1n) is 7.10. The molecule has 1 N–H and O–H groups in total. The third-order valence-electron chi connectivity index (χ3n) is 3.35. The van der Waals surface area contributed by atoms with Gasteiger partial charge in [0.15, 0.2) is 0 Å². The highest BCUT2D eigenvalue weighted by Gasteiger charge is 2.13.